The normalized spacial score (nSPS) is 11.7. The summed E-state index contributed by atoms with van der Waals surface area (Å²) < 4.78 is 36.5. The minimum atomic E-state index is -4.34. The monoisotopic (exact) mass is 173 g/mol. The zero-order valence-corrected chi connectivity index (χ0v) is 6.10. The summed E-state index contributed by atoms with van der Waals surface area (Å²) in [6, 6.07) is 0.919. The van der Waals surface area contributed by atoms with E-state index in [4.69, 9.17) is 6.92 Å². The summed E-state index contributed by atoms with van der Waals surface area (Å²) in [6.07, 6.45) is -2.26. The number of alkyl halides is 3. The van der Waals surface area contributed by atoms with Crippen LogP contribution in [0.3, 0.4) is 0 Å². The van der Waals surface area contributed by atoms with Crippen LogP contribution in [0.15, 0.2) is 18.5 Å². The van der Waals surface area contributed by atoms with Crippen LogP contribution < -0.4 is 0 Å². The molecule has 0 spiro atoms. The second kappa shape index (κ2) is 3.13. The van der Waals surface area contributed by atoms with Crippen molar-refractivity contribution in [1.29, 1.82) is 0 Å². The second-order valence-electron chi connectivity index (χ2n) is 2.23. The minimum absolute atomic E-state index is 0.0185. The van der Waals surface area contributed by atoms with Gasteiger partial charge in [0.2, 0.25) is 0 Å². The number of halogens is 3. The molecule has 64 valence electrons. The molecule has 0 saturated carbocycles. The fourth-order valence-electron chi connectivity index (χ4n) is 0.866. The van der Waals surface area contributed by atoms with E-state index in [1.165, 1.54) is 0 Å². The van der Waals surface area contributed by atoms with Crippen LogP contribution in [0.2, 0.25) is 0 Å². The predicted octanol–water partition coefficient (Wildman–Crippen LogP) is 2.35. The van der Waals surface area contributed by atoms with Crippen molar-refractivity contribution in [3.63, 3.8) is 0 Å². The molecule has 0 N–H and O–H groups in total. The highest BCUT2D eigenvalue weighted by Crippen LogP contribution is 2.31. The maximum absolute atomic E-state index is 12.2. The van der Waals surface area contributed by atoms with Crippen molar-refractivity contribution in [2.45, 2.75) is 12.6 Å². The Balaban J connectivity index is 3.14. The van der Waals surface area contributed by atoms with Gasteiger partial charge in [-0.3, -0.25) is 4.98 Å². The molecule has 1 aromatic rings. The molecule has 0 fully saturated rings. The van der Waals surface area contributed by atoms with Crippen LogP contribution >= 0.6 is 0 Å². The van der Waals surface area contributed by atoms with E-state index < -0.39 is 11.7 Å². The number of hydrogen-bond donors (Lipinski definition) is 0. The molecule has 0 saturated heterocycles. The Morgan fingerprint density at radius 2 is 2.08 bits per heavy atom. The van der Waals surface area contributed by atoms with E-state index in [0.717, 1.165) is 18.5 Å². The summed E-state index contributed by atoms with van der Waals surface area (Å²) in [5.74, 6) is 0. The van der Waals surface area contributed by atoms with E-state index in [1.807, 2.05) is 0 Å². The van der Waals surface area contributed by atoms with Gasteiger partial charge in [0.25, 0.3) is 0 Å². The molecule has 0 aromatic carbocycles. The van der Waals surface area contributed by atoms with E-state index in [0.29, 0.717) is 0 Å². The first kappa shape index (κ1) is 9.03. The van der Waals surface area contributed by atoms with Crippen LogP contribution in [0, 0.1) is 6.92 Å². The number of aromatic nitrogens is 1. The van der Waals surface area contributed by atoms with Gasteiger partial charge in [0, 0.05) is 12.4 Å². The SMILES string of the molecule is [CH]Cc1cnccc1C(F)(F)F. The Morgan fingerprint density at radius 3 is 2.50 bits per heavy atom. The van der Waals surface area contributed by atoms with Gasteiger partial charge in [-0.15, -0.1) is 0 Å². The molecule has 1 nitrogen and oxygen atoms in total. The lowest BCUT2D eigenvalue weighted by Gasteiger charge is -2.09. The number of hydrogen-bond acceptors (Lipinski definition) is 1. The van der Waals surface area contributed by atoms with E-state index in [2.05, 4.69) is 4.98 Å². The van der Waals surface area contributed by atoms with Crippen molar-refractivity contribution in [2.75, 3.05) is 0 Å². The van der Waals surface area contributed by atoms with Crippen LogP contribution in [0.4, 0.5) is 13.2 Å². The van der Waals surface area contributed by atoms with Gasteiger partial charge in [-0.2, -0.15) is 13.2 Å². The number of rotatable bonds is 1. The van der Waals surface area contributed by atoms with Crippen LogP contribution in [-0.4, -0.2) is 4.98 Å². The summed E-state index contributed by atoms with van der Waals surface area (Å²) >= 11 is 0. The maximum Gasteiger partial charge on any atom is 0.416 e. The van der Waals surface area contributed by atoms with Crippen molar-refractivity contribution >= 4 is 0 Å². The van der Waals surface area contributed by atoms with E-state index >= 15 is 0 Å². The highest BCUT2D eigenvalue weighted by molar-refractivity contribution is 5.26. The van der Waals surface area contributed by atoms with Crippen LogP contribution in [0.25, 0.3) is 0 Å². The van der Waals surface area contributed by atoms with Crippen molar-refractivity contribution < 1.29 is 13.2 Å². The third-order valence-electron chi connectivity index (χ3n) is 1.43. The molecule has 0 unspecified atom stereocenters. The molecule has 2 radical (unpaired) electrons. The van der Waals surface area contributed by atoms with E-state index in [-0.39, 0.29) is 12.0 Å². The Bertz CT molecular complexity index is 267. The van der Waals surface area contributed by atoms with Gasteiger partial charge in [0.1, 0.15) is 0 Å². The zero-order valence-electron chi connectivity index (χ0n) is 6.10. The van der Waals surface area contributed by atoms with Crippen molar-refractivity contribution in [3.05, 3.63) is 36.5 Å². The largest absolute Gasteiger partial charge is 0.416 e. The summed E-state index contributed by atoms with van der Waals surface area (Å²) in [7, 11) is 0. The average molecular weight is 173 g/mol. The third kappa shape index (κ3) is 1.75. The van der Waals surface area contributed by atoms with Crippen molar-refractivity contribution in [3.8, 4) is 0 Å². The first-order chi connectivity index (χ1) is 5.55. The van der Waals surface area contributed by atoms with Crippen LogP contribution in [-0.2, 0) is 12.6 Å². The topological polar surface area (TPSA) is 12.9 Å². The Morgan fingerprint density at radius 1 is 1.42 bits per heavy atom. The molecule has 0 aliphatic heterocycles. The Labute approximate surface area is 68.2 Å². The summed E-state index contributed by atoms with van der Waals surface area (Å²) in [5, 5.41) is 0. The second-order valence-corrected chi connectivity index (χ2v) is 2.23. The molecule has 0 aliphatic rings. The Kier molecular flexibility index (Phi) is 2.35. The molecule has 1 aromatic heterocycles. The lowest BCUT2D eigenvalue weighted by atomic mass is 10.1. The number of pyridine rings is 1. The van der Waals surface area contributed by atoms with Gasteiger partial charge in [-0.05, 0) is 25.0 Å². The van der Waals surface area contributed by atoms with E-state index in [9.17, 15) is 13.2 Å². The van der Waals surface area contributed by atoms with Gasteiger partial charge in [0.15, 0.2) is 0 Å². The molecule has 1 heterocycles. The minimum Gasteiger partial charge on any atom is -0.264 e. The molecule has 12 heavy (non-hydrogen) atoms. The molecular weight excluding hydrogens is 167 g/mol. The fourth-order valence-corrected chi connectivity index (χ4v) is 0.866. The smallest absolute Gasteiger partial charge is 0.264 e. The highest BCUT2D eigenvalue weighted by atomic mass is 19.4. The lowest BCUT2D eigenvalue weighted by Crippen LogP contribution is -2.08. The quantitative estimate of drug-likeness (QED) is 0.635. The zero-order chi connectivity index (χ0) is 9.19. The lowest BCUT2D eigenvalue weighted by molar-refractivity contribution is -0.138. The van der Waals surface area contributed by atoms with E-state index in [1.54, 1.807) is 0 Å². The standard InChI is InChI=1S/C8H6F3N/c1-2-6-5-12-4-3-7(6)8(9,10)11/h1,3-5H,2H2. The highest BCUT2D eigenvalue weighted by Gasteiger charge is 2.32. The molecule has 0 amide bonds. The molecule has 0 bridgehead atoms. The maximum atomic E-state index is 12.2. The summed E-state index contributed by atoms with van der Waals surface area (Å²) in [4.78, 5) is 3.55. The molecular formula is C8H6F3N. The molecule has 0 aliphatic carbocycles. The third-order valence-corrected chi connectivity index (χ3v) is 1.43. The van der Waals surface area contributed by atoms with Gasteiger partial charge in [-0.25, -0.2) is 0 Å². The van der Waals surface area contributed by atoms with Gasteiger partial charge in [-0.1, -0.05) is 0 Å². The first-order valence-electron chi connectivity index (χ1n) is 3.26. The average Bonchev–Trinajstić information content (AvgIpc) is 2.03. The van der Waals surface area contributed by atoms with Gasteiger partial charge >= 0.3 is 6.18 Å². The molecule has 4 heteroatoms. The van der Waals surface area contributed by atoms with Crippen molar-refractivity contribution in [2.24, 2.45) is 0 Å². The summed E-state index contributed by atoms with van der Waals surface area (Å²) in [5.41, 5.74) is -0.690. The van der Waals surface area contributed by atoms with Gasteiger partial charge in [0.05, 0.1) is 5.56 Å². The predicted molar refractivity (Wildman–Crippen MR) is 37.2 cm³/mol. The summed E-state index contributed by atoms with van der Waals surface area (Å²) in [6.45, 7) is 5.11. The first-order valence-corrected chi connectivity index (χ1v) is 3.26. The molecule has 0 atom stereocenters. The number of nitrogens with zero attached hydrogens (tertiary/aromatic N) is 1. The Hall–Kier alpha value is -1.06. The van der Waals surface area contributed by atoms with Gasteiger partial charge < -0.3 is 0 Å². The fraction of sp³-hybridized carbons (Fsp3) is 0.250. The van der Waals surface area contributed by atoms with Crippen LogP contribution in [0.1, 0.15) is 11.1 Å². The van der Waals surface area contributed by atoms with Crippen molar-refractivity contribution in [1.82, 2.24) is 4.98 Å². The molecule has 1 rings (SSSR count). The van der Waals surface area contributed by atoms with Crippen LogP contribution in [0.5, 0.6) is 0 Å².